The van der Waals surface area contributed by atoms with Gasteiger partial charge in [0.2, 0.25) is 0 Å². The Morgan fingerprint density at radius 3 is 1.64 bits per heavy atom. The molecule has 4 heteroatoms. The van der Waals surface area contributed by atoms with Crippen molar-refractivity contribution in [1.29, 1.82) is 0 Å². The molecule has 0 rings (SSSR count). The molecule has 0 heterocycles. The molecule has 0 bridgehead atoms. The van der Waals surface area contributed by atoms with Crippen molar-refractivity contribution in [1.82, 2.24) is 0 Å². The third-order valence-electron chi connectivity index (χ3n) is 0.673. The summed E-state index contributed by atoms with van der Waals surface area (Å²) in [6.07, 6.45) is 0. The molecule has 0 fully saturated rings. The minimum absolute atomic E-state index is 0.00463. The van der Waals surface area contributed by atoms with Gasteiger partial charge in [0.15, 0.2) is 0 Å². The number of carboxylic acids is 1. The Balaban J connectivity index is 0. The molecular weight excluding hydrogens is 148 g/mol. The van der Waals surface area contributed by atoms with E-state index in [2.05, 4.69) is 4.74 Å². The highest BCUT2D eigenvalue weighted by Gasteiger charge is 2.03. The Labute approximate surface area is 66.2 Å². The molecule has 0 aromatic carbocycles. The van der Waals surface area contributed by atoms with Crippen molar-refractivity contribution < 1.29 is 19.4 Å². The fraction of sp³-hybridized carbons (Fsp3) is 0.714. The summed E-state index contributed by atoms with van der Waals surface area (Å²) in [4.78, 5) is 19.3. The monoisotopic (exact) mass is 162 g/mol. The van der Waals surface area contributed by atoms with Crippen LogP contribution in [0.15, 0.2) is 0 Å². The Kier molecular flexibility index (Phi) is 8.08. The van der Waals surface area contributed by atoms with Gasteiger partial charge in [0.1, 0.15) is 0 Å². The van der Waals surface area contributed by atoms with E-state index in [0.29, 0.717) is 0 Å². The van der Waals surface area contributed by atoms with Gasteiger partial charge in [-0.25, -0.2) is 0 Å². The molecule has 66 valence electrons. The minimum Gasteiger partial charge on any atom is -0.481 e. The van der Waals surface area contributed by atoms with Gasteiger partial charge in [-0.2, -0.15) is 0 Å². The van der Waals surface area contributed by atoms with E-state index >= 15 is 0 Å². The van der Waals surface area contributed by atoms with Crippen molar-refractivity contribution in [3.8, 4) is 0 Å². The lowest BCUT2D eigenvalue weighted by Gasteiger charge is -1.97. The minimum atomic E-state index is -0.833. The van der Waals surface area contributed by atoms with E-state index in [4.69, 9.17) is 9.90 Å². The first kappa shape index (κ1) is 12.6. The van der Waals surface area contributed by atoms with Crippen molar-refractivity contribution >= 4 is 11.9 Å². The lowest BCUT2D eigenvalue weighted by atomic mass is 10.2. The standard InChI is InChI=1S/C5H10O2.C2H4O2/c1-4(2)5(6)7-3;1-2(3)4/h4H,1-3H3;1H3,(H,3,4). The molecule has 0 radical (unpaired) electrons. The number of hydrogen-bond acceptors (Lipinski definition) is 3. The molecule has 0 saturated heterocycles. The summed E-state index contributed by atoms with van der Waals surface area (Å²) in [5.74, 6) is -0.981. The van der Waals surface area contributed by atoms with Crippen LogP contribution in [0.2, 0.25) is 0 Å². The first-order chi connectivity index (χ1) is 4.91. The van der Waals surface area contributed by atoms with Crippen molar-refractivity contribution in [2.75, 3.05) is 7.11 Å². The quantitative estimate of drug-likeness (QED) is 0.582. The molecule has 0 spiro atoms. The average molecular weight is 162 g/mol. The second kappa shape index (κ2) is 7.05. The van der Waals surface area contributed by atoms with Gasteiger partial charge >= 0.3 is 5.97 Å². The second-order valence-corrected chi connectivity index (χ2v) is 2.20. The smallest absolute Gasteiger partial charge is 0.308 e. The van der Waals surface area contributed by atoms with Crippen LogP contribution in [-0.2, 0) is 14.3 Å². The molecule has 0 aromatic rings. The van der Waals surface area contributed by atoms with Gasteiger partial charge in [-0.15, -0.1) is 0 Å². The number of methoxy groups -OCH3 is 1. The van der Waals surface area contributed by atoms with Gasteiger partial charge in [-0.3, -0.25) is 9.59 Å². The fourth-order valence-electron chi connectivity index (χ4n) is 0.236. The number of carbonyl (C=O) groups is 2. The third-order valence-corrected chi connectivity index (χ3v) is 0.673. The Hall–Kier alpha value is -1.06. The van der Waals surface area contributed by atoms with Crippen LogP contribution in [0.25, 0.3) is 0 Å². The van der Waals surface area contributed by atoms with Gasteiger partial charge in [-0.1, -0.05) is 13.8 Å². The van der Waals surface area contributed by atoms with E-state index in [-0.39, 0.29) is 11.9 Å². The van der Waals surface area contributed by atoms with Crippen LogP contribution in [0, 0.1) is 5.92 Å². The summed E-state index contributed by atoms with van der Waals surface area (Å²) in [5, 5.41) is 7.42. The maximum absolute atomic E-state index is 10.3. The van der Waals surface area contributed by atoms with E-state index in [1.165, 1.54) is 7.11 Å². The van der Waals surface area contributed by atoms with Crippen molar-refractivity contribution in [2.24, 2.45) is 5.92 Å². The lowest BCUT2D eigenvalue weighted by molar-refractivity contribution is -0.144. The van der Waals surface area contributed by atoms with E-state index in [9.17, 15) is 4.79 Å². The summed E-state index contributed by atoms with van der Waals surface area (Å²) in [7, 11) is 1.39. The molecule has 0 amide bonds. The zero-order valence-electron chi connectivity index (χ0n) is 7.25. The van der Waals surface area contributed by atoms with E-state index in [0.717, 1.165) is 6.92 Å². The predicted molar refractivity (Wildman–Crippen MR) is 40.2 cm³/mol. The molecule has 0 aliphatic carbocycles. The van der Waals surface area contributed by atoms with Crippen LogP contribution in [0.1, 0.15) is 20.8 Å². The fourth-order valence-corrected chi connectivity index (χ4v) is 0.236. The molecule has 0 aliphatic rings. The lowest BCUT2D eigenvalue weighted by Crippen LogP contribution is -2.07. The van der Waals surface area contributed by atoms with E-state index in [1.807, 2.05) is 0 Å². The number of hydrogen-bond donors (Lipinski definition) is 1. The topological polar surface area (TPSA) is 63.6 Å². The molecule has 0 aliphatic heterocycles. The summed E-state index contributed by atoms with van der Waals surface area (Å²) >= 11 is 0. The number of carboxylic acid groups (broad SMARTS) is 1. The number of rotatable bonds is 1. The summed E-state index contributed by atoms with van der Waals surface area (Å²) < 4.78 is 4.37. The van der Waals surface area contributed by atoms with Gasteiger partial charge in [-0.05, 0) is 0 Å². The molecule has 1 N–H and O–H groups in total. The van der Waals surface area contributed by atoms with Crippen molar-refractivity contribution in [3.63, 3.8) is 0 Å². The Bertz CT molecular complexity index is 124. The molecule has 4 nitrogen and oxygen atoms in total. The van der Waals surface area contributed by atoms with Crippen LogP contribution < -0.4 is 0 Å². The van der Waals surface area contributed by atoms with Crippen molar-refractivity contribution in [2.45, 2.75) is 20.8 Å². The molecule has 0 aromatic heterocycles. The van der Waals surface area contributed by atoms with Gasteiger partial charge in [0, 0.05) is 6.92 Å². The van der Waals surface area contributed by atoms with Crippen LogP contribution >= 0.6 is 0 Å². The zero-order chi connectivity index (χ0) is 9.44. The molecule has 0 unspecified atom stereocenters. The summed E-state index contributed by atoms with van der Waals surface area (Å²) in [5.41, 5.74) is 0. The van der Waals surface area contributed by atoms with Gasteiger partial charge < -0.3 is 9.84 Å². The number of esters is 1. The maximum atomic E-state index is 10.3. The molecular formula is C7H14O4. The van der Waals surface area contributed by atoms with Crippen LogP contribution in [-0.4, -0.2) is 24.2 Å². The molecule has 0 saturated carbocycles. The Morgan fingerprint density at radius 2 is 1.64 bits per heavy atom. The molecule has 11 heavy (non-hydrogen) atoms. The summed E-state index contributed by atoms with van der Waals surface area (Å²) in [6.45, 7) is 4.68. The predicted octanol–water partition coefficient (Wildman–Crippen LogP) is 0.906. The second-order valence-electron chi connectivity index (χ2n) is 2.20. The maximum Gasteiger partial charge on any atom is 0.308 e. The first-order valence-corrected chi connectivity index (χ1v) is 3.19. The first-order valence-electron chi connectivity index (χ1n) is 3.19. The average Bonchev–Trinajstić information content (AvgIpc) is 1.85. The number of ether oxygens (including phenoxy) is 1. The highest BCUT2D eigenvalue weighted by atomic mass is 16.5. The van der Waals surface area contributed by atoms with Crippen LogP contribution in [0.4, 0.5) is 0 Å². The van der Waals surface area contributed by atoms with Crippen LogP contribution in [0.3, 0.4) is 0 Å². The van der Waals surface area contributed by atoms with Crippen LogP contribution in [0.5, 0.6) is 0 Å². The largest absolute Gasteiger partial charge is 0.481 e. The number of carbonyl (C=O) groups excluding carboxylic acids is 1. The van der Waals surface area contributed by atoms with Gasteiger partial charge in [0.05, 0.1) is 13.0 Å². The summed E-state index contributed by atoms with van der Waals surface area (Å²) in [6, 6.07) is 0. The SMILES string of the molecule is CC(=O)O.COC(=O)C(C)C. The highest BCUT2D eigenvalue weighted by Crippen LogP contribution is 1.91. The van der Waals surface area contributed by atoms with E-state index < -0.39 is 5.97 Å². The molecule has 0 atom stereocenters. The third kappa shape index (κ3) is 17.6. The number of aliphatic carboxylic acids is 1. The Morgan fingerprint density at radius 1 is 1.36 bits per heavy atom. The van der Waals surface area contributed by atoms with Crippen molar-refractivity contribution in [3.05, 3.63) is 0 Å². The highest BCUT2D eigenvalue weighted by molar-refractivity contribution is 5.71. The van der Waals surface area contributed by atoms with E-state index in [1.54, 1.807) is 13.8 Å². The zero-order valence-corrected chi connectivity index (χ0v) is 7.25. The normalized spacial score (nSPS) is 8.09. The van der Waals surface area contributed by atoms with Gasteiger partial charge in [0.25, 0.3) is 5.97 Å².